The van der Waals surface area contributed by atoms with Crippen molar-refractivity contribution < 1.29 is 14.2 Å². The van der Waals surface area contributed by atoms with Crippen molar-refractivity contribution in [2.24, 2.45) is 0 Å². The first-order valence-electron chi connectivity index (χ1n) is 9.37. The molecule has 2 aromatic heterocycles. The minimum Gasteiger partial charge on any atom is -0.497 e. The Labute approximate surface area is 173 Å². The Morgan fingerprint density at radius 2 is 1.48 bits per heavy atom. The summed E-state index contributed by atoms with van der Waals surface area (Å²) in [6.07, 6.45) is 4.55. The van der Waals surface area contributed by atoms with E-state index in [0.29, 0.717) is 11.9 Å². The molecule has 0 saturated carbocycles. The van der Waals surface area contributed by atoms with E-state index in [0.717, 1.165) is 23.4 Å². The molecule has 0 bridgehead atoms. The second kappa shape index (κ2) is 13.1. The minimum absolute atomic E-state index is 0.326. The molecule has 0 fully saturated rings. The van der Waals surface area contributed by atoms with Gasteiger partial charge in [0.1, 0.15) is 5.75 Å². The van der Waals surface area contributed by atoms with Gasteiger partial charge >= 0.3 is 6.01 Å². The van der Waals surface area contributed by atoms with Crippen LogP contribution in [-0.2, 0) is 6.42 Å². The maximum absolute atomic E-state index is 5.01. The third kappa shape index (κ3) is 8.60. The van der Waals surface area contributed by atoms with Crippen molar-refractivity contribution in [2.75, 3.05) is 21.3 Å². The van der Waals surface area contributed by atoms with Gasteiger partial charge in [0.15, 0.2) is 0 Å². The fourth-order valence-corrected chi connectivity index (χ4v) is 2.14. The minimum atomic E-state index is 0.326. The Bertz CT molecular complexity index is 808. The molecular weight excluding hydrogens is 366 g/mol. The molecule has 0 saturated heterocycles. The highest BCUT2D eigenvalue weighted by Crippen LogP contribution is 2.14. The van der Waals surface area contributed by atoms with Gasteiger partial charge in [0.05, 0.1) is 21.3 Å². The van der Waals surface area contributed by atoms with Gasteiger partial charge in [0, 0.05) is 23.7 Å². The maximum Gasteiger partial charge on any atom is 0.319 e. The van der Waals surface area contributed by atoms with Crippen molar-refractivity contribution >= 4 is 0 Å². The molecule has 3 aromatic rings. The van der Waals surface area contributed by atoms with Gasteiger partial charge in [0.2, 0.25) is 5.88 Å². The van der Waals surface area contributed by atoms with E-state index in [4.69, 9.17) is 14.2 Å². The van der Waals surface area contributed by atoms with E-state index >= 15 is 0 Å². The monoisotopic (exact) mass is 397 g/mol. The summed E-state index contributed by atoms with van der Waals surface area (Å²) in [7, 11) is 4.76. The van der Waals surface area contributed by atoms with Crippen LogP contribution < -0.4 is 14.2 Å². The predicted molar refractivity (Wildman–Crippen MR) is 116 cm³/mol. The zero-order valence-corrected chi connectivity index (χ0v) is 18.4. The van der Waals surface area contributed by atoms with Gasteiger partial charge in [-0.1, -0.05) is 25.1 Å². The largest absolute Gasteiger partial charge is 0.497 e. The smallest absolute Gasteiger partial charge is 0.319 e. The van der Waals surface area contributed by atoms with Crippen molar-refractivity contribution in [3.63, 3.8) is 0 Å². The number of pyridine rings is 1. The van der Waals surface area contributed by atoms with Gasteiger partial charge in [-0.2, -0.15) is 4.98 Å². The normalized spacial score (nSPS) is 9.34. The van der Waals surface area contributed by atoms with Crippen LogP contribution >= 0.6 is 0 Å². The molecule has 0 spiro atoms. The lowest BCUT2D eigenvalue weighted by molar-refractivity contribution is 0.350. The van der Waals surface area contributed by atoms with Gasteiger partial charge in [-0.05, 0) is 56.5 Å². The summed E-state index contributed by atoms with van der Waals surface area (Å²) in [5, 5.41) is 0. The Hall–Kier alpha value is -3.15. The fraction of sp³-hybridized carbons (Fsp3) is 0.348. The molecular formula is C23H31N3O3. The summed E-state index contributed by atoms with van der Waals surface area (Å²) in [5.41, 5.74) is 4.62. The third-order valence-electron chi connectivity index (χ3n) is 4.12. The number of benzene rings is 1. The van der Waals surface area contributed by atoms with Gasteiger partial charge in [-0.3, -0.25) is 4.98 Å². The van der Waals surface area contributed by atoms with Crippen LogP contribution in [0.1, 0.15) is 29.3 Å². The van der Waals surface area contributed by atoms with Gasteiger partial charge < -0.3 is 14.2 Å². The van der Waals surface area contributed by atoms with Gasteiger partial charge in [-0.25, -0.2) is 4.98 Å². The highest BCUT2D eigenvalue weighted by Gasteiger charge is 2.01. The SMILES string of the molecule is CCc1ccc(OC)cc1.COc1ncc(C)c(OC)n1.Cc1cccnc1C. The van der Waals surface area contributed by atoms with Crippen LogP contribution in [-0.4, -0.2) is 36.3 Å². The highest BCUT2D eigenvalue weighted by atomic mass is 16.5. The number of hydrogen-bond donors (Lipinski definition) is 0. The van der Waals surface area contributed by atoms with Crippen molar-refractivity contribution in [1.29, 1.82) is 0 Å². The van der Waals surface area contributed by atoms with E-state index in [1.807, 2.05) is 38.2 Å². The van der Waals surface area contributed by atoms with Crippen LogP contribution in [0.4, 0.5) is 0 Å². The molecule has 1 aromatic carbocycles. The van der Waals surface area contributed by atoms with Crippen LogP contribution in [0, 0.1) is 20.8 Å². The van der Waals surface area contributed by atoms with Crippen LogP contribution in [0.2, 0.25) is 0 Å². The molecule has 0 atom stereocenters. The summed E-state index contributed by atoms with van der Waals surface area (Å²) < 4.78 is 14.8. The summed E-state index contributed by atoms with van der Waals surface area (Å²) in [6, 6.07) is 12.5. The molecule has 29 heavy (non-hydrogen) atoms. The Kier molecular flexibility index (Phi) is 10.8. The highest BCUT2D eigenvalue weighted by molar-refractivity contribution is 5.27. The van der Waals surface area contributed by atoms with E-state index in [2.05, 4.69) is 47.0 Å². The van der Waals surface area contributed by atoms with Gasteiger partial charge in [-0.15, -0.1) is 0 Å². The first-order valence-corrected chi connectivity index (χ1v) is 9.37. The molecule has 0 aliphatic heterocycles. The lowest BCUT2D eigenvalue weighted by Gasteiger charge is -2.03. The first-order chi connectivity index (χ1) is 13.9. The van der Waals surface area contributed by atoms with E-state index in [9.17, 15) is 0 Å². The maximum atomic E-state index is 5.01. The molecule has 6 nitrogen and oxygen atoms in total. The lowest BCUT2D eigenvalue weighted by Crippen LogP contribution is -1.96. The molecule has 0 amide bonds. The number of hydrogen-bond acceptors (Lipinski definition) is 6. The molecule has 0 aliphatic carbocycles. The zero-order chi connectivity index (χ0) is 21.6. The quantitative estimate of drug-likeness (QED) is 0.632. The number of aryl methyl sites for hydroxylation is 4. The third-order valence-corrected chi connectivity index (χ3v) is 4.12. The van der Waals surface area contributed by atoms with E-state index < -0.39 is 0 Å². The first kappa shape index (κ1) is 23.9. The van der Waals surface area contributed by atoms with Crippen molar-refractivity contribution in [2.45, 2.75) is 34.1 Å². The van der Waals surface area contributed by atoms with E-state index in [1.54, 1.807) is 20.4 Å². The molecule has 0 unspecified atom stereocenters. The molecule has 3 rings (SSSR count). The molecule has 0 aliphatic rings. The summed E-state index contributed by atoms with van der Waals surface area (Å²) in [6.45, 7) is 8.08. The number of rotatable bonds is 4. The summed E-state index contributed by atoms with van der Waals surface area (Å²) in [4.78, 5) is 11.9. The average Bonchev–Trinajstić information content (AvgIpc) is 2.77. The van der Waals surface area contributed by atoms with E-state index in [-0.39, 0.29) is 0 Å². The molecule has 6 heteroatoms. The van der Waals surface area contributed by atoms with Crippen LogP contribution in [0.5, 0.6) is 17.6 Å². The van der Waals surface area contributed by atoms with Crippen LogP contribution in [0.15, 0.2) is 48.8 Å². The van der Waals surface area contributed by atoms with Crippen molar-refractivity contribution in [3.05, 3.63) is 71.2 Å². The Morgan fingerprint density at radius 1 is 0.793 bits per heavy atom. The lowest BCUT2D eigenvalue weighted by atomic mass is 10.2. The summed E-state index contributed by atoms with van der Waals surface area (Å²) in [5.74, 6) is 1.48. The molecule has 0 N–H and O–H groups in total. The second-order valence-electron chi connectivity index (χ2n) is 6.16. The standard InChI is InChI=1S/C9H12O.C7H10N2O2.C7H9N/c1-3-8-4-6-9(10-2)7-5-8;1-5-4-8-7(11-3)9-6(5)10-2;1-6-4-3-5-8-7(6)2/h4-7H,3H2,1-2H3;4H,1-3H3;3-5H,1-2H3. The molecule has 2 heterocycles. The predicted octanol–water partition coefficient (Wildman–Crippen LogP) is 4.76. The number of nitrogens with zero attached hydrogens (tertiary/aromatic N) is 3. The number of aromatic nitrogens is 3. The van der Waals surface area contributed by atoms with E-state index in [1.165, 1.54) is 18.2 Å². The van der Waals surface area contributed by atoms with Crippen LogP contribution in [0.25, 0.3) is 0 Å². The topological polar surface area (TPSA) is 66.4 Å². The summed E-state index contributed by atoms with van der Waals surface area (Å²) >= 11 is 0. The van der Waals surface area contributed by atoms with Gasteiger partial charge in [0.25, 0.3) is 0 Å². The number of methoxy groups -OCH3 is 3. The van der Waals surface area contributed by atoms with Crippen molar-refractivity contribution in [1.82, 2.24) is 15.0 Å². The zero-order valence-electron chi connectivity index (χ0n) is 18.4. The number of ether oxygens (including phenoxy) is 3. The Balaban J connectivity index is 0.000000220. The average molecular weight is 398 g/mol. The molecule has 0 radical (unpaired) electrons. The molecule has 156 valence electrons. The Morgan fingerprint density at radius 3 is 1.93 bits per heavy atom. The van der Waals surface area contributed by atoms with Crippen LogP contribution in [0.3, 0.4) is 0 Å². The van der Waals surface area contributed by atoms with Crippen molar-refractivity contribution in [3.8, 4) is 17.6 Å². The fourth-order valence-electron chi connectivity index (χ4n) is 2.14. The second-order valence-corrected chi connectivity index (χ2v) is 6.16.